The molecule has 112 valence electrons. The maximum Gasteiger partial charge on any atom is 0.287 e. The number of amides is 1. The first-order valence-corrected chi connectivity index (χ1v) is 7.07. The lowest BCUT2D eigenvalue weighted by molar-refractivity contribution is 0.0825. The summed E-state index contributed by atoms with van der Waals surface area (Å²) in [5.74, 6) is 0.623. The molecule has 0 bridgehead atoms. The normalized spacial score (nSPS) is 13.8. The molecule has 0 spiro atoms. The lowest BCUT2D eigenvalue weighted by Crippen LogP contribution is -2.36. The molecule has 0 aliphatic carbocycles. The molecule has 0 saturated heterocycles. The van der Waals surface area contributed by atoms with Crippen molar-refractivity contribution in [2.24, 2.45) is 0 Å². The Morgan fingerprint density at radius 1 is 1.29 bits per heavy atom. The zero-order valence-electron chi connectivity index (χ0n) is 12.2. The van der Waals surface area contributed by atoms with Crippen molar-refractivity contribution in [3.8, 4) is 0 Å². The summed E-state index contributed by atoms with van der Waals surface area (Å²) >= 11 is 5.81. The van der Waals surface area contributed by atoms with Crippen LogP contribution in [0.15, 0.2) is 34.7 Å². The summed E-state index contributed by atoms with van der Waals surface area (Å²) in [6.07, 6.45) is -0.816. The van der Waals surface area contributed by atoms with E-state index in [0.29, 0.717) is 16.3 Å². The number of aliphatic hydroxyl groups excluding tert-OH is 1. The van der Waals surface area contributed by atoms with E-state index >= 15 is 0 Å². The quantitative estimate of drug-likeness (QED) is 0.910. The zero-order chi connectivity index (χ0) is 15.6. The van der Waals surface area contributed by atoms with Crippen molar-refractivity contribution in [3.63, 3.8) is 0 Å². The topological polar surface area (TPSA) is 62.5 Å². The molecule has 0 radical (unpaired) electrons. The van der Waals surface area contributed by atoms with E-state index in [-0.39, 0.29) is 11.7 Å². The summed E-state index contributed by atoms with van der Waals surface area (Å²) in [6, 6.07) is 8.10. The third-order valence-electron chi connectivity index (χ3n) is 3.43. The second kappa shape index (κ2) is 6.33. The minimum Gasteiger partial charge on any atom is -0.456 e. The molecular weight excluding hydrogens is 290 g/mol. The maximum atomic E-state index is 12.1. The largest absolute Gasteiger partial charge is 0.456 e. The van der Waals surface area contributed by atoms with Crippen molar-refractivity contribution >= 4 is 17.5 Å². The first-order chi connectivity index (χ1) is 9.88. The Bertz CT molecular complexity index is 614. The van der Waals surface area contributed by atoms with Crippen molar-refractivity contribution in [1.82, 2.24) is 5.32 Å². The fraction of sp³-hybridized carbons (Fsp3) is 0.312. The molecule has 21 heavy (non-hydrogen) atoms. The van der Waals surface area contributed by atoms with Crippen LogP contribution in [0.5, 0.6) is 0 Å². The van der Waals surface area contributed by atoms with Gasteiger partial charge in [-0.2, -0.15) is 0 Å². The van der Waals surface area contributed by atoms with Gasteiger partial charge in [-0.3, -0.25) is 4.79 Å². The van der Waals surface area contributed by atoms with Crippen molar-refractivity contribution < 1.29 is 14.3 Å². The standard InChI is InChI=1S/C16H18ClNO3/c1-9-8-14(21-11(9)3)16(20)18-10(2)15(19)12-4-6-13(17)7-5-12/h4-8,10,15,19H,1-3H3,(H,18,20). The summed E-state index contributed by atoms with van der Waals surface area (Å²) in [6.45, 7) is 5.42. The highest BCUT2D eigenvalue weighted by Gasteiger charge is 2.21. The van der Waals surface area contributed by atoms with Gasteiger partial charge in [-0.25, -0.2) is 0 Å². The molecule has 0 aliphatic rings. The molecule has 0 aliphatic heterocycles. The van der Waals surface area contributed by atoms with E-state index in [4.69, 9.17) is 16.0 Å². The third kappa shape index (κ3) is 3.65. The molecule has 1 aromatic carbocycles. The van der Waals surface area contributed by atoms with Crippen molar-refractivity contribution in [2.75, 3.05) is 0 Å². The van der Waals surface area contributed by atoms with Gasteiger partial charge in [0, 0.05) is 5.02 Å². The molecule has 2 unspecified atom stereocenters. The number of hydrogen-bond donors (Lipinski definition) is 2. The van der Waals surface area contributed by atoms with Gasteiger partial charge in [-0.15, -0.1) is 0 Å². The number of nitrogens with one attached hydrogen (secondary N) is 1. The summed E-state index contributed by atoms with van der Waals surface area (Å²) in [4.78, 5) is 12.1. The summed E-state index contributed by atoms with van der Waals surface area (Å²) in [5.41, 5.74) is 1.62. The molecule has 0 saturated carbocycles. The molecular formula is C16H18ClNO3. The zero-order valence-corrected chi connectivity index (χ0v) is 12.9. The summed E-state index contributed by atoms with van der Waals surface area (Å²) < 4.78 is 5.37. The molecule has 1 aromatic heterocycles. The SMILES string of the molecule is Cc1cc(C(=O)NC(C)C(O)c2ccc(Cl)cc2)oc1C. The highest BCUT2D eigenvalue weighted by molar-refractivity contribution is 6.30. The molecule has 1 amide bonds. The Labute approximate surface area is 128 Å². The number of aryl methyl sites for hydroxylation is 2. The Morgan fingerprint density at radius 2 is 1.90 bits per heavy atom. The molecule has 5 heteroatoms. The number of hydrogen-bond acceptors (Lipinski definition) is 3. The van der Waals surface area contributed by atoms with Crippen molar-refractivity contribution in [3.05, 3.63) is 58.0 Å². The van der Waals surface area contributed by atoms with Crippen LogP contribution in [0, 0.1) is 13.8 Å². The molecule has 0 fully saturated rings. The van der Waals surface area contributed by atoms with Gasteiger partial charge in [0.1, 0.15) is 5.76 Å². The summed E-state index contributed by atoms with van der Waals surface area (Å²) in [5, 5.41) is 13.6. The van der Waals surface area contributed by atoms with Gasteiger partial charge in [0.25, 0.3) is 5.91 Å². The molecule has 2 atom stereocenters. The third-order valence-corrected chi connectivity index (χ3v) is 3.69. The highest BCUT2D eigenvalue weighted by atomic mass is 35.5. The Balaban J connectivity index is 2.04. The fourth-order valence-electron chi connectivity index (χ4n) is 1.99. The minimum atomic E-state index is -0.816. The number of aliphatic hydroxyl groups is 1. The van der Waals surface area contributed by atoms with Gasteiger partial charge >= 0.3 is 0 Å². The van der Waals surface area contributed by atoms with Crippen LogP contribution < -0.4 is 5.32 Å². The number of halogens is 1. The molecule has 2 rings (SSSR count). The van der Waals surface area contributed by atoms with E-state index in [9.17, 15) is 9.90 Å². The predicted octanol–water partition coefficient (Wildman–Crippen LogP) is 3.40. The number of carbonyl (C=O) groups is 1. The van der Waals surface area contributed by atoms with E-state index in [1.54, 1.807) is 44.2 Å². The highest BCUT2D eigenvalue weighted by Crippen LogP contribution is 2.20. The lowest BCUT2D eigenvalue weighted by Gasteiger charge is -2.20. The second-order valence-electron chi connectivity index (χ2n) is 5.11. The predicted molar refractivity (Wildman–Crippen MR) is 81.5 cm³/mol. The van der Waals surface area contributed by atoms with Crippen LogP contribution in [0.25, 0.3) is 0 Å². The second-order valence-corrected chi connectivity index (χ2v) is 5.54. The van der Waals surface area contributed by atoms with Gasteiger partial charge in [-0.1, -0.05) is 23.7 Å². The van der Waals surface area contributed by atoms with Crippen molar-refractivity contribution in [1.29, 1.82) is 0 Å². The minimum absolute atomic E-state index is 0.250. The van der Waals surface area contributed by atoms with Crippen LogP contribution in [0.2, 0.25) is 5.02 Å². The maximum absolute atomic E-state index is 12.1. The van der Waals surface area contributed by atoms with Crippen LogP contribution in [-0.4, -0.2) is 17.1 Å². The van der Waals surface area contributed by atoms with Gasteiger partial charge in [0.05, 0.1) is 12.1 Å². The Kier molecular flexibility index (Phi) is 4.70. The van der Waals surface area contributed by atoms with Gasteiger partial charge < -0.3 is 14.8 Å². The lowest BCUT2D eigenvalue weighted by atomic mass is 10.0. The molecule has 2 N–H and O–H groups in total. The fourth-order valence-corrected chi connectivity index (χ4v) is 2.12. The molecule has 4 nitrogen and oxygen atoms in total. The average molecular weight is 308 g/mol. The van der Waals surface area contributed by atoms with Crippen LogP contribution in [-0.2, 0) is 0 Å². The van der Waals surface area contributed by atoms with E-state index in [0.717, 1.165) is 5.56 Å². The monoisotopic (exact) mass is 307 g/mol. The number of rotatable bonds is 4. The smallest absolute Gasteiger partial charge is 0.287 e. The number of furan rings is 1. The molecule has 1 heterocycles. The van der Waals surface area contributed by atoms with E-state index in [1.807, 2.05) is 6.92 Å². The summed E-state index contributed by atoms with van der Waals surface area (Å²) in [7, 11) is 0. The Hall–Kier alpha value is -1.78. The average Bonchev–Trinajstić information content (AvgIpc) is 2.79. The van der Waals surface area contributed by atoms with Crippen LogP contribution in [0.3, 0.4) is 0 Å². The van der Waals surface area contributed by atoms with Crippen LogP contribution in [0.1, 0.15) is 40.5 Å². The van der Waals surface area contributed by atoms with Gasteiger partial charge in [-0.05, 0) is 50.1 Å². The van der Waals surface area contributed by atoms with Crippen LogP contribution >= 0.6 is 11.6 Å². The van der Waals surface area contributed by atoms with Gasteiger partial charge in [0.15, 0.2) is 5.76 Å². The molecule has 2 aromatic rings. The first-order valence-electron chi connectivity index (χ1n) is 6.70. The van der Waals surface area contributed by atoms with Crippen molar-refractivity contribution in [2.45, 2.75) is 32.9 Å². The van der Waals surface area contributed by atoms with E-state index < -0.39 is 12.1 Å². The van der Waals surface area contributed by atoms with E-state index in [1.165, 1.54) is 0 Å². The number of carbonyl (C=O) groups excluding carboxylic acids is 1. The van der Waals surface area contributed by atoms with Gasteiger partial charge in [0.2, 0.25) is 0 Å². The van der Waals surface area contributed by atoms with Crippen LogP contribution in [0.4, 0.5) is 0 Å². The van der Waals surface area contributed by atoms with E-state index in [2.05, 4.69) is 5.32 Å². The number of benzene rings is 1. The Morgan fingerprint density at radius 3 is 2.43 bits per heavy atom. The first kappa shape index (κ1) is 15.6.